The fourth-order valence-corrected chi connectivity index (χ4v) is 3.32. The zero-order chi connectivity index (χ0) is 16.6. The number of fused-ring (bicyclic) bond motifs is 1. The summed E-state index contributed by atoms with van der Waals surface area (Å²) >= 11 is 3.49. The van der Waals surface area contributed by atoms with Crippen LogP contribution < -0.4 is 0 Å². The molecule has 0 spiro atoms. The summed E-state index contributed by atoms with van der Waals surface area (Å²) < 4.78 is 1.05. The number of aromatic nitrogens is 2. The molecule has 118 valence electrons. The van der Waals surface area contributed by atoms with Crippen LogP contribution in [0, 0.1) is 6.92 Å². The number of carbonyl (C=O) groups is 2. The molecule has 0 saturated carbocycles. The molecule has 23 heavy (non-hydrogen) atoms. The third kappa shape index (κ3) is 3.10. The Morgan fingerprint density at radius 2 is 1.91 bits per heavy atom. The molecule has 2 heterocycles. The first-order valence-corrected chi connectivity index (χ1v) is 7.87. The normalized spacial score (nSPS) is 13.6. The first-order valence-electron chi connectivity index (χ1n) is 7.08. The molecule has 6 nitrogen and oxygen atoms in total. The highest BCUT2D eigenvalue weighted by Crippen LogP contribution is 2.27. The van der Waals surface area contributed by atoms with Crippen LogP contribution in [-0.4, -0.2) is 38.4 Å². The van der Waals surface area contributed by atoms with Crippen molar-refractivity contribution in [3.05, 3.63) is 57.1 Å². The second-order valence-electron chi connectivity index (χ2n) is 5.43. The summed E-state index contributed by atoms with van der Waals surface area (Å²) in [5.41, 5.74) is 3.52. The third-order valence-electron chi connectivity index (χ3n) is 3.91. The number of nitrogens with zero attached hydrogens (tertiary/aromatic N) is 3. The smallest absolute Gasteiger partial charge is 0.356 e. The van der Waals surface area contributed by atoms with Gasteiger partial charge in [-0.2, -0.15) is 0 Å². The molecule has 0 aliphatic carbocycles. The molecule has 0 saturated heterocycles. The van der Waals surface area contributed by atoms with Gasteiger partial charge in [-0.1, -0.05) is 15.9 Å². The first-order chi connectivity index (χ1) is 11.0. The molecule has 1 aromatic heterocycles. The maximum Gasteiger partial charge on any atom is 0.356 e. The van der Waals surface area contributed by atoms with E-state index in [1.165, 1.54) is 11.8 Å². The lowest BCUT2D eigenvalue weighted by Gasteiger charge is -2.30. The lowest BCUT2D eigenvalue weighted by atomic mass is 9.95. The van der Waals surface area contributed by atoms with Crippen molar-refractivity contribution in [1.82, 2.24) is 14.9 Å². The molecule has 0 radical (unpaired) electrons. The summed E-state index contributed by atoms with van der Waals surface area (Å²) in [7, 11) is 0. The molecular formula is C16H14BrN3O3. The SMILES string of the molecule is Cc1cc(Br)cc2c1CN(C(=O)c1cnc(C(=O)O)cn1)CC2. The van der Waals surface area contributed by atoms with Crippen LogP contribution in [0.25, 0.3) is 0 Å². The molecule has 1 aromatic carbocycles. The number of hydrogen-bond acceptors (Lipinski definition) is 4. The lowest BCUT2D eigenvalue weighted by molar-refractivity contribution is 0.0683. The van der Waals surface area contributed by atoms with Gasteiger partial charge in [-0.15, -0.1) is 0 Å². The number of carboxylic acids is 1. The Morgan fingerprint density at radius 1 is 1.22 bits per heavy atom. The minimum Gasteiger partial charge on any atom is -0.476 e. The van der Waals surface area contributed by atoms with Crippen LogP contribution in [-0.2, 0) is 13.0 Å². The van der Waals surface area contributed by atoms with Crippen LogP contribution in [0.2, 0.25) is 0 Å². The van der Waals surface area contributed by atoms with Gasteiger partial charge < -0.3 is 10.0 Å². The van der Waals surface area contributed by atoms with E-state index >= 15 is 0 Å². The number of hydrogen-bond donors (Lipinski definition) is 1. The molecule has 0 unspecified atom stereocenters. The van der Waals surface area contributed by atoms with Crippen molar-refractivity contribution < 1.29 is 14.7 Å². The van der Waals surface area contributed by atoms with Crippen LogP contribution in [0.15, 0.2) is 29.0 Å². The van der Waals surface area contributed by atoms with E-state index in [4.69, 9.17) is 5.11 Å². The van der Waals surface area contributed by atoms with Gasteiger partial charge in [-0.25, -0.2) is 14.8 Å². The average molecular weight is 376 g/mol. The highest BCUT2D eigenvalue weighted by atomic mass is 79.9. The van der Waals surface area contributed by atoms with Crippen LogP contribution in [0.3, 0.4) is 0 Å². The van der Waals surface area contributed by atoms with Crippen LogP contribution in [0.4, 0.5) is 0 Å². The molecule has 1 aliphatic rings. The second-order valence-corrected chi connectivity index (χ2v) is 6.34. The van der Waals surface area contributed by atoms with Gasteiger partial charge >= 0.3 is 5.97 Å². The monoisotopic (exact) mass is 375 g/mol. The Labute approximate surface area is 141 Å². The quantitative estimate of drug-likeness (QED) is 0.871. The summed E-state index contributed by atoms with van der Waals surface area (Å²) in [5, 5.41) is 8.82. The largest absolute Gasteiger partial charge is 0.476 e. The van der Waals surface area contributed by atoms with Crippen LogP contribution >= 0.6 is 15.9 Å². The van der Waals surface area contributed by atoms with E-state index in [1.807, 2.05) is 13.0 Å². The van der Waals surface area contributed by atoms with Gasteiger partial charge in [0.15, 0.2) is 5.69 Å². The van der Waals surface area contributed by atoms with Gasteiger partial charge in [0.05, 0.1) is 12.4 Å². The van der Waals surface area contributed by atoms with Crippen molar-refractivity contribution in [1.29, 1.82) is 0 Å². The van der Waals surface area contributed by atoms with Gasteiger partial charge in [-0.05, 0) is 42.2 Å². The standard InChI is InChI=1S/C16H14BrN3O3/c1-9-4-11(17)5-10-2-3-20(8-12(9)10)15(21)13-6-19-14(7-18-13)16(22)23/h4-7H,2-3,8H2,1H3,(H,22,23). The van der Waals surface area contributed by atoms with Crippen molar-refractivity contribution in [2.75, 3.05) is 6.54 Å². The zero-order valence-electron chi connectivity index (χ0n) is 12.4. The van der Waals surface area contributed by atoms with Gasteiger partial charge in [0, 0.05) is 17.6 Å². The summed E-state index contributed by atoms with van der Waals surface area (Å²) in [6.45, 7) is 3.15. The second kappa shape index (κ2) is 6.08. The highest BCUT2D eigenvalue weighted by molar-refractivity contribution is 9.10. The molecule has 0 bridgehead atoms. The summed E-state index contributed by atoms with van der Waals surface area (Å²) in [6.07, 6.45) is 3.10. The van der Waals surface area contributed by atoms with E-state index in [1.54, 1.807) is 4.90 Å². The average Bonchev–Trinajstić information content (AvgIpc) is 2.54. The summed E-state index contributed by atoms with van der Waals surface area (Å²) in [6, 6.07) is 4.12. The Morgan fingerprint density at radius 3 is 2.57 bits per heavy atom. The van der Waals surface area contributed by atoms with Crippen LogP contribution in [0.5, 0.6) is 0 Å². The maximum atomic E-state index is 12.5. The van der Waals surface area contributed by atoms with E-state index in [0.717, 1.165) is 28.2 Å². The fraction of sp³-hybridized carbons (Fsp3) is 0.250. The highest BCUT2D eigenvalue weighted by Gasteiger charge is 2.24. The molecule has 0 fully saturated rings. The molecule has 7 heteroatoms. The number of aryl methyl sites for hydroxylation is 1. The van der Waals surface area contributed by atoms with Gasteiger partial charge in [0.25, 0.3) is 5.91 Å². The van der Waals surface area contributed by atoms with Crippen molar-refractivity contribution >= 4 is 27.8 Å². The van der Waals surface area contributed by atoms with Crippen LogP contribution in [0.1, 0.15) is 37.7 Å². The minimum absolute atomic E-state index is 0.160. The minimum atomic E-state index is -1.16. The topological polar surface area (TPSA) is 83.4 Å². The number of aromatic carboxylic acids is 1. The fourth-order valence-electron chi connectivity index (χ4n) is 2.70. The van der Waals surface area contributed by atoms with Gasteiger partial charge in [0.1, 0.15) is 5.69 Å². The Hall–Kier alpha value is -2.28. The number of amides is 1. The van der Waals surface area contributed by atoms with E-state index < -0.39 is 5.97 Å². The van der Waals surface area contributed by atoms with Crippen molar-refractivity contribution in [3.63, 3.8) is 0 Å². The number of benzene rings is 1. The molecular weight excluding hydrogens is 362 g/mol. The molecule has 1 aliphatic heterocycles. The van der Waals surface area contributed by atoms with Gasteiger partial charge in [-0.3, -0.25) is 4.79 Å². The Balaban J connectivity index is 1.83. The summed E-state index contributed by atoms with van der Waals surface area (Å²) in [5.74, 6) is -1.40. The van der Waals surface area contributed by atoms with Crippen molar-refractivity contribution in [2.45, 2.75) is 19.9 Å². The summed E-state index contributed by atoms with van der Waals surface area (Å²) in [4.78, 5) is 32.7. The first kappa shape index (κ1) is 15.6. The number of carbonyl (C=O) groups excluding carboxylic acids is 1. The van der Waals surface area contributed by atoms with E-state index in [0.29, 0.717) is 13.1 Å². The van der Waals surface area contributed by atoms with Crippen molar-refractivity contribution in [3.8, 4) is 0 Å². The molecule has 0 atom stereocenters. The Kier molecular flexibility index (Phi) is 4.12. The predicted molar refractivity (Wildman–Crippen MR) is 86.3 cm³/mol. The van der Waals surface area contributed by atoms with Crippen molar-refractivity contribution in [2.24, 2.45) is 0 Å². The van der Waals surface area contributed by atoms with E-state index in [9.17, 15) is 9.59 Å². The predicted octanol–water partition coefficient (Wildman–Crippen LogP) is 2.44. The molecule has 1 amide bonds. The van der Waals surface area contributed by atoms with Gasteiger partial charge in [0.2, 0.25) is 0 Å². The molecule has 2 aromatic rings. The number of halogens is 1. The zero-order valence-corrected chi connectivity index (χ0v) is 14.0. The maximum absolute atomic E-state index is 12.5. The third-order valence-corrected chi connectivity index (χ3v) is 4.37. The van der Waals surface area contributed by atoms with E-state index in [-0.39, 0.29) is 17.3 Å². The van der Waals surface area contributed by atoms with E-state index in [2.05, 4.69) is 32.0 Å². The lowest BCUT2D eigenvalue weighted by Crippen LogP contribution is -2.36. The number of carboxylic acid groups (broad SMARTS) is 1. The Bertz CT molecular complexity index is 790. The number of rotatable bonds is 2. The molecule has 3 rings (SSSR count). The molecule has 1 N–H and O–H groups in total.